The van der Waals surface area contributed by atoms with Crippen LogP contribution in [0.1, 0.15) is 9.67 Å². The molecule has 0 spiro atoms. The minimum atomic E-state index is -4.82. The molecule has 2 aliphatic heterocycles. The number of hydroxylamine groups is 2. The van der Waals surface area contributed by atoms with Crippen LogP contribution in [-0.2, 0) is 14.7 Å². The Morgan fingerprint density at radius 1 is 1.44 bits per heavy atom. The van der Waals surface area contributed by atoms with E-state index in [1.807, 2.05) is 0 Å². The maximum absolute atomic E-state index is 12.2. The van der Waals surface area contributed by atoms with Crippen molar-refractivity contribution in [2.24, 2.45) is 0 Å². The van der Waals surface area contributed by atoms with Crippen molar-refractivity contribution >= 4 is 45.2 Å². The fourth-order valence-electron chi connectivity index (χ4n) is 2.78. The highest BCUT2D eigenvalue weighted by atomic mass is 32.3. The summed E-state index contributed by atoms with van der Waals surface area (Å²) in [5.74, 6) is -0.0355. The molecule has 1 fully saturated rings. The summed E-state index contributed by atoms with van der Waals surface area (Å²) in [7, 11) is -4.82. The Balaban J connectivity index is 1.51. The van der Waals surface area contributed by atoms with E-state index in [0.29, 0.717) is 21.5 Å². The third-order valence-electron chi connectivity index (χ3n) is 3.86. The molecular weight excluding hydrogens is 400 g/mol. The molecule has 2 aromatic rings. The van der Waals surface area contributed by atoms with Gasteiger partial charge in [-0.05, 0) is 6.08 Å². The SMILES string of the molecule is O=C(Nc1ccn(C2=CC3CN(C2)C(=O)N3OS(=O)(=O)O)n1)c1cncs1. The summed E-state index contributed by atoms with van der Waals surface area (Å²) in [6.45, 7) is 0.374. The van der Waals surface area contributed by atoms with Gasteiger partial charge in [-0.15, -0.1) is 15.6 Å². The van der Waals surface area contributed by atoms with Gasteiger partial charge in [0.1, 0.15) is 10.9 Å². The van der Waals surface area contributed by atoms with Crippen LogP contribution in [0.4, 0.5) is 10.6 Å². The standard InChI is InChI=1S/C13H12N6O6S2/c20-12(10-4-14-7-26-10)15-11-1-2-18(16-11)8-3-9-6-17(5-8)13(21)19(9)25-27(22,23)24/h1-4,7,9H,5-6H2,(H,15,16,20)(H,22,23,24). The zero-order valence-electron chi connectivity index (χ0n) is 13.4. The number of carbonyl (C=O) groups is 2. The van der Waals surface area contributed by atoms with Crippen molar-refractivity contribution in [3.63, 3.8) is 0 Å². The summed E-state index contributed by atoms with van der Waals surface area (Å²) >= 11 is 1.20. The average molecular weight is 412 g/mol. The molecule has 27 heavy (non-hydrogen) atoms. The van der Waals surface area contributed by atoms with E-state index >= 15 is 0 Å². The smallest absolute Gasteiger partial charge is 0.314 e. The van der Waals surface area contributed by atoms with Crippen molar-refractivity contribution < 1.29 is 26.8 Å². The third-order valence-corrected chi connectivity index (χ3v) is 4.98. The highest BCUT2D eigenvalue weighted by Gasteiger charge is 2.43. The number of nitrogens with one attached hydrogen (secondary N) is 1. The monoisotopic (exact) mass is 412 g/mol. The largest absolute Gasteiger partial charge is 0.418 e. The molecule has 2 N–H and O–H groups in total. The van der Waals surface area contributed by atoms with Gasteiger partial charge in [0, 0.05) is 18.8 Å². The highest BCUT2D eigenvalue weighted by molar-refractivity contribution is 7.80. The maximum Gasteiger partial charge on any atom is 0.418 e. The number of amides is 3. The summed E-state index contributed by atoms with van der Waals surface area (Å²) in [5.41, 5.74) is 2.13. The second-order valence-electron chi connectivity index (χ2n) is 5.68. The molecular formula is C13H12N6O6S2. The number of urea groups is 1. The topological polar surface area (TPSA) is 147 Å². The summed E-state index contributed by atoms with van der Waals surface area (Å²) < 4.78 is 36.5. The molecule has 3 amide bonds. The van der Waals surface area contributed by atoms with E-state index in [9.17, 15) is 18.0 Å². The molecule has 2 aromatic heterocycles. The Kier molecular flexibility index (Phi) is 4.18. The highest BCUT2D eigenvalue weighted by Crippen LogP contribution is 2.27. The minimum Gasteiger partial charge on any atom is -0.314 e. The van der Waals surface area contributed by atoms with Crippen molar-refractivity contribution in [2.75, 3.05) is 18.4 Å². The van der Waals surface area contributed by atoms with Crippen molar-refractivity contribution in [1.82, 2.24) is 24.7 Å². The van der Waals surface area contributed by atoms with Crippen LogP contribution in [0, 0.1) is 0 Å². The lowest BCUT2D eigenvalue weighted by molar-refractivity contribution is -0.0183. The van der Waals surface area contributed by atoms with Crippen molar-refractivity contribution in [2.45, 2.75) is 6.04 Å². The van der Waals surface area contributed by atoms with Gasteiger partial charge in [-0.1, -0.05) is 0 Å². The van der Waals surface area contributed by atoms with Crippen LogP contribution in [0.5, 0.6) is 0 Å². The predicted molar refractivity (Wildman–Crippen MR) is 91.8 cm³/mol. The molecule has 4 heterocycles. The Morgan fingerprint density at radius 3 is 2.96 bits per heavy atom. The van der Waals surface area contributed by atoms with Gasteiger partial charge in [0.05, 0.1) is 23.9 Å². The first kappa shape index (κ1) is 17.6. The number of hydrogen-bond donors (Lipinski definition) is 2. The zero-order valence-corrected chi connectivity index (χ0v) is 15.1. The molecule has 2 aliphatic rings. The number of thiazole rings is 1. The van der Waals surface area contributed by atoms with Crippen LogP contribution in [0.3, 0.4) is 0 Å². The van der Waals surface area contributed by atoms with Crippen LogP contribution in [0.15, 0.2) is 30.0 Å². The van der Waals surface area contributed by atoms with Crippen molar-refractivity contribution in [1.29, 1.82) is 0 Å². The molecule has 1 saturated heterocycles. The lowest BCUT2D eigenvalue weighted by Crippen LogP contribution is -2.35. The van der Waals surface area contributed by atoms with Crippen LogP contribution in [0.25, 0.3) is 5.70 Å². The first-order chi connectivity index (χ1) is 12.8. The summed E-state index contributed by atoms with van der Waals surface area (Å²) in [6.07, 6.45) is 4.65. The second kappa shape index (κ2) is 6.41. The molecule has 1 atom stereocenters. The van der Waals surface area contributed by atoms with Crippen molar-refractivity contribution in [3.8, 4) is 0 Å². The first-order valence-electron chi connectivity index (χ1n) is 7.52. The molecule has 1 unspecified atom stereocenters. The predicted octanol–water partition coefficient (Wildman–Crippen LogP) is 0.287. The van der Waals surface area contributed by atoms with E-state index < -0.39 is 22.5 Å². The molecule has 0 aromatic carbocycles. The van der Waals surface area contributed by atoms with Gasteiger partial charge in [-0.25, -0.2) is 9.48 Å². The minimum absolute atomic E-state index is 0.157. The van der Waals surface area contributed by atoms with E-state index in [1.165, 1.54) is 27.1 Å². The summed E-state index contributed by atoms with van der Waals surface area (Å²) in [6, 6.07) is 0.192. The number of hydrogen-bond acceptors (Lipinski definition) is 8. The molecule has 0 saturated carbocycles. The Labute approximate surface area is 156 Å². The number of anilines is 1. The van der Waals surface area contributed by atoms with E-state index in [4.69, 9.17) is 4.55 Å². The number of nitrogens with zero attached hydrogens (tertiary/aromatic N) is 5. The van der Waals surface area contributed by atoms with Gasteiger partial charge in [-0.3, -0.25) is 14.3 Å². The lowest BCUT2D eigenvalue weighted by Gasteiger charge is -2.20. The fraction of sp³-hybridized carbons (Fsp3) is 0.231. The van der Waals surface area contributed by atoms with Crippen molar-refractivity contribution in [3.05, 3.63) is 34.9 Å². The van der Waals surface area contributed by atoms with E-state index in [1.54, 1.807) is 23.8 Å². The number of carbonyl (C=O) groups excluding carboxylic acids is 2. The second-order valence-corrected chi connectivity index (χ2v) is 7.57. The van der Waals surface area contributed by atoms with Gasteiger partial charge in [-0.2, -0.15) is 18.6 Å². The Bertz CT molecular complexity index is 1030. The molecule has 0 aliphatic carbocycles. The third kappa shape index (κ3) is 3.55. The fourth-order valence-corrected chi connectivity index (χ4v) is 3.67. The molecule has 142 valence electrons. The van der Waals surface area contributed by atoms with Gasteiger partial charge in [0.2, 0.25) is 0 Å². The first-order valence-corrected chi connectivity index (χ1v) is 9.76. The Morgan fingerprint density at radius 2 is 2.26 bits per heavy atom. The molecule has 14 heteroatoms. The van der Waals surface area contributed by atoms with Crippen LogP contribution < -0.4 is 5.32 Å². The van der Waals surface area contributed by atoms with Crippen LogP contribution >= 0.6 is 11.3 Å². The van der Waals surface area contributed by atoms with E-state index in [0.717, 1.165) is 0 Å². The van der Waals surface area contributed by atoms with Gasteiger partial charge in [0.15, 0.2) is 5.82 Å². The molecule has 4 rings (SSSR count). The zero-order chi connectivity index (χ0) is 19.2. The number of rotatable bonds is 5. The van der Waals surface area contributed by atoms with Gasteiger partial charge >= 0.3 is 16.4 Å². The summed E-state index contributed by atoms with van der Waals surface area (Å²) in [5, 5.41) is 7.47. The van der Waals surface area contributed by atoms with E-state index in [2.05, 4.69) is 19.7 Å². The van der Waals surface area contributed by atoms with Gasteiger partial charge < -0.3 is 10.2 Å². The summed E-state index contributed by atoms with van der Waals surface area (Å²) in [4.78, 5) is 29.8. The van der Waals surface area contributed by atoms with Crippen LogP contribution in [-0.4, -0.2) is 68.8 Å². The number of aromatic nitrogens is 3. The van der Waals surface area contributed by atoms with Crippen LogP contribution in [0.2, 0.25) is 0 Å². The number of fused-ring (bicyclic) bond motifs is 2. The normalized spacial score (nSPS) is 19.4. The average Bonchev–Trinajstić information content (AvgIpc) is 3.32. The lowest BCUT2D eigenvalue weighted by atomic mass is 10.2. The quantitative estimate of drug-likeness (QED) is 0.666. The van der Waals surface area contributed by atoms with Gasteiger partial charge in [0.25, 0.3) is 5.91 Å². The Hall–Kier alpha value is -2.81. The molecule has 12 nitrogen and oxygen atoms in total. The maximum atomic E-state index is 12.2. The molecule has 0 radical (unpaired) electrons. The molecule has 2 bridgehead atoms. The van der Waals surface area contributed by atoms with E-state index in [-0.39, 0.29) is 19.0 Å².